The largest absolute Gasteiger partial charge is 0.465 e. The van der Waals surface area contributed by atoms with Crippen molar-refractivity contribution < 1.29 is 38.1 Å². The van der Waals surface area contributed by atoms with Crippen molar-refractivity contribution in [1.29, 1.82) is 0 Å². The molecule has 0 aliphatic carbocycles. The zero-order valence-corrected chi connectivity index (χ0v) is 61.0. The predicted molar refractivity (Wildman–Crippen MR) is 383 cm³/mol. The summed E-state index contributed by atoms with van der Waals surface area (Å²) in [6.07, 6.45) is 42.7. The summed E-state index contributed by atoms with van der Waals surface area (Å²) in [6.45, 7) is 16.1. The lowest BCUT2D eigenvalue weighted by atomic mass is 10.1. The van der Waals surface area contributed by atoms with E-state index in [4.69, 9.17) is 18.9 Å². The summed E-state index contributed by atoms with van der Waals surface area (Å²) in [7, 11) is 16.8. The minimum absolute atomic E-state index is 0.188. The second-order valence-electron chi connectivity index (χ2n) is 22.3. The summed E-state index contributed by atoms with van der Waals surface area (Å²) in [5.74, 6) is 6.96. The van der Waals surface area contributed by atoms with Crippen molar-refractivity contribution in [3.63, 3.8) is 0 Å². The van der Waals surface area contributed by atoms with Gasteiger partial charge in [0.1, 0.15) is 26.4 Å². The van der Waals surface area contributed by atoms with Crippen LogP contribution in [0.3, 0.4) is 0 Å². The summed E-state index contributed by atoms with van der Waals surface area (Å²) in [4.78, 5) is 58.3. The van der Waals surface area contributed by atoms with Gasteiger partial charge in [0.05, 0.1) is 25.7 Å². The quantitative estimate of drug-likeness (QED) is 0.0249. The van der Waals surface area contributed by atoms with Crippen LogP contribution in [0.15, 0.2) is 0 Å². The zero-order valence-electron chi connectivity index (χ0n) is 54.5. The molecule has 0 atom stereocenters. The first kappa shape index (κ1) is 84.6. The van der Waals surface area contributed by atoms with Gasteiger partial charge in [-0.25, -0.2) is 0 Å². The first-order valence-corrected chi connectivity index (χ1v) is 43.9. The highest BCUT2D eigenvalue weighted by molar-refractivity contribution is 8.77. The minimum Gasteiger partial charge on any atom is -0.465 e. The third-order valence-electron chi connectivity index (χ3n) is 14.4. The van der Waals surface area contributed by atoms with Gasteiger partial charge in [0.15, 0.2) is 0 Å². The number of nitrogens with zero attached hydrogens (tertiary/aromatic N) is 3. The van der Waals surface area contributed by atoms with Crippen LogP contribution in [0.2, 0.25) is 0 Å². The Morgan fingerprint density at radius 2 is 0.452 bits per heavy atom. The molecular weight excluding hydrogens is 1210 g/mol. The molecule has 0 saturated heterocycles. The highest BCUT2D eigenvalue weighted by Gasteiger charge is 2.16. The van der Waals surface area contributed by atoms with Gasteiger partial charge in [-0.1, -0.05) is 281 Å². The van der Waals surface area contributed by atoms with E-state index >= 15 is 0 Å². The lowest BCUT2D eigenvalue weighted by Gasteiger charge is -2.25. The van der Waals surface area contributed by atoms with Gasteiger partial charge < -0.3 is 33.6 Å². The molecule has 19 heteroatoms. The molecule has 0 fully saturated rings. The van der Waals surface area contributed by atoms with Gasteiger partial charge in [-0.05, 0) is 71.8 Å². The van der Waals surface area contributed by atoms with E-state index in [1.807, 2.05) is 43.2 Å². The molecular formula is C65H127N3O8S8. The van der Waals surface area contributed by atoms with E-state index in [0.29, 0.717) is 78.3 Å². The number of carbonyl (C=O) groups is 4. The molecule has 0 saturated carbocycles. The van der Waals surface area contributed by atoms with Crippen LogP contribution >= 0.6 is 86.4 Å². The minimum atomic E-state index is -0.191. The first-order valence-electron chi connectivity index (χ1n) is 34.0. The third kappa shape index (κ3) is 67.0. The summed E-state index contributed by atoms with van der Waals surface area (Å²) < 4.78 is 22.5. The van der Waals surface area contributed by atoms with E-state index in [0.717, 1.165) is 85.0 Å². The van der Waals surface area contributed by atoms with Crippen LogP contribution in [-0.2, 0) is 38.1 Å². The Kier molecular flexibility index (Phi) is 71.5. The number of hydrogen-bond donors (Lipinski definition) is 0. The first-order chi connectivity index (χ1) is 41.2. The lowest BCUT2D eigenvalue weighted by Crippen LogP contribution is -2.34. The molecule has 0 N–H and O–H groups in total. The molecule has 0 rings (SSSR count). The van der Waals surface area contributed by atoms with Gasteiger partial charge in [-0.2, -0.15) is 0 Å². The topological polar surface area (TPSA) is 115 Å². The Bertz CT molecular complexity index is 1380. The standard InChI is InChI=1S/C65H127N3O8S8/c1-6-10-14-18-22-23-24-25-26-27-31-35-57-80-84-61-53-76-65(72)41-49-68(48-40-64(71)75-52-60-83-79-56-34-30-21-17-13-9-4)45-37-43-66(5)42-36-44-67(46-38-62(69)73-50-58-81-77-54-32-28-19-15-11-7-2)47-39-63(70)74-51-59-82-78-55-33-29-20-16-12-8-3/h6-61H2,1-5H3. The van der Waals surface area contributed by atoms with E-state index < -0.39 is 0 Å². The molecule has 0 amide bonds. The zero-order chi connectivity index (χ0) is 61.1. The molecule has 0 unspecified atom stereocenters. The summed E-state index contributed by atoms with van der Waals surface area (Å²) >= 11 is 0. The number of carbonyl (C=O) groups excluding carboxylic acids is 4. The van der Waals surface area contributed by atoms with Crippen LogP contribution in [0.1, 0.15) is 259 Å². The molecule has 0 aromatic rings. The van der Waals surface area contributed by atoms with Crippen molar-refractivity contribution >= 4 is 110 Å². The van der Waals surface area contributed by atoms with E-state index in [-0.39, 0.29) is 23.9 Å². The van der Waals surface area contributed by atoms with E-state index in [9.17, 15) is 19.2 Å². The highest BCUT2D eigenvalue weighted by Crippen LogP contribution is 2.26. The number of esters is 4. The molecule has 84 heavy (non-hydrogen) atoms. The van der Waals surface area contributed by atoms with Gasteiger partial charge in [0.25, 0.3) is 0 Å². The average molecular weight is 1340 g/mol. The maximum atomic E-state index is 12.9. The molecule has 11 nitrogen and oxygen atoms in total. The van der Waals surface area contributed by atoms with Crippen LogP contribution in [-0.4, -0.2) is 170 Å². The Morgan fingerprint density at radius 3 is 0.679 bits per heavy atom. The van der Waals surface area contributed by atoms with Gasteiger partial charge in [-0.3, -0.25) is 19.2 Å². The van der Waals surface area contributed by atoms with E-state index in [2.05, 4.69) is 49.4 Å². The molecule has 0 aliphatic heterocycles. The Balaban J connectivity index is 5.02. The predicted octanol–water partition coefficient (Wildman–Crippen LogP) is 19.3. The highest BCUT2D eigenvalue weighted by atomic mass is 33.1. The fourth-order valence-electron chi connectivity index (χ4n) is 9.25. The van der Waals surface area contributed by atoms with Crippen molar-refractivity contribution in [3.05, 3.63) is 0 Å². The Hall–Kier alpha value is 0.560. The monoisotopic (exact) mass is 1330 g/mol. The van der Waals surface area contributed by atoms with Crippen molar-refractivity contribution in [2.45, 2.75) is 259 Å². The fourth-order valence-corrected chi connectivity index (χ4v) is 17.1. The van der Waals surface area contributed by atoms with Crippen molar-refractivity contribution in [3.8, 4) is 0 Å². The Morgan fingerprint density at radius 1 is 0.250 bits per heavy atom. The number of hydrogen-bond acceptors (Lipinski definition) is 19. The molecule has 0 aromatic carbocycles. The average Bonchev–Trinajstić information content (AvgIpc) is 3.49. The number of unbranched alkanes of at least 4 members (excludes halogenated alkanes) is 26. The normalized spacial score (nSPS) is 11.6. The second kappa shape index (κ2) is 71.0. The van der Waals surface area contributed by atoms with Gasteiger partial charge in [0.2, 0.25) is 0 Å². The SMILES string of the molecule is CCCCCCCCCCCCCCSSCCOC(=O)CCN(CCCN(C)CCCN(CCC(=O)OCCSSCCCCCCCC)CCC(=O)OCCSSCCCCCCCC)CCC(=O)OCCSSCCCCCCCC. The maximum absolute atomic E-state index is 12.9. The van der Waals surface area contributed by atoms with Crippen LogP contribution in [0.25, 0.3) is 0 Å². The van der Waals surface area contributed by atoms with Gasteiger partial charge in [-0.15, -0.1) is 0 Å². The van der Waals surface area contributed by atoms with E-state index in [1.165, 1.54) is 193 Å². The number of rotatable bonds is 70. The van der Waals surface area contributed by atoms with Gasteiger partial charge in [0, 0.05) is 72.2 Å². The van der Waals surface area contributed by atoms with Crippen molar-refractivity contribution in [2.24, 2.45) is 0 Å². The molecule has 0 spiro atoms. The van der Waals surface area contributed by atoms with Crippen molar-refractivity contribution in [1.82, 2.24) is 14.7 Å². The molecule has 0 radical (unpaired) electrons. The van der Waals surface area contributed by atoms with Gasteiger partial charge >= 0.3 is 23.9 Å². The molecule has 0 aromatic heterocycles. The third-order valence-corrected chi connectivity index (χ3v) is 24.3. The van der Waals surface area contributed by atoms with E-state index in [1.54, 1.807) is 43.2 Å². The molecule has 0 heterocycles. The fraction of sp³-hybridized carbons (Fsp3) is 0.938. The van der Waals surface area contributed by atoms with Crippen LogP contribution < -0.4 is 0 Å². The van der Waals surface area contributed by atoms with Crippen molar-refractivity contribution in [2.75, 3.05) is 132 Å². The van der Waals surface area contributed by atoms with Crippen LogP contribution in [0.4, 0.5) is 0 Å². The molecule has 0 bridgehead atoms. The lowest BCUT2D eigenvalue weighted by molar-refractivity contribution is -0.145. The number of ether oxygens (including phenoxy) is 4. The van der Waals surface area contributed by atoms with Crippen LogP contribution in [0, 0.1) is 0 Å². The molecule has 498 valence electrons. The second-order valence-corrected chi connectivity index (χ2v) is 33.2. The maximum Gasteiger partial charge on any atom is 0.307 e. The smallest absolute Gasteiger partial charge is 0.307 e. The summed E-state index contributed by atoms with van der Waals surface area (Å²) in [6, 6.07) is 0. The molecule has 0 aliphatic rings. The summed E-state index contributed by atoms with van der Waals surface area (Å²) in [5, 5.41) is 0. The van der Waals surface area contributed by atoms with Crippen LogP contribution in [0.5, 0.6) is 0 Å². The summed E-state index contributed by atoms with van der Waals surface area (Å²) in [5.41, 5.74) is 0. The Labute approximate surface area is 549 Å².